The van der Waals surface area contributed by atoms with E-state index in [1.807, 2.05) is 0 Å². The average Bonchev–Trinajstić information content (AvgIpc) is 2.49. The number of carbonyl (C=O) groups excluding carboxylic acids is 1. The van der Waals surface area contributed by atoms with Crippen LogP contribution >= 0.6 is 0 Å². The molecule has 2 rings (SSSR count). The maximum absolute atomic E-state index is 13.6. The number of ether oxygens (including phenoxy) is 2. The second kappa shape index (κ2) is 7.56. The summed E-state index contributed by atoms with van der Waals surface area (Å²) in [5, 5.41) is 12.9. The Morgan fingerprint density at radius 1 is 1.41 bits per heavy atom. The van der Waals surface area contributed by atoms with E-state index >= 15 is 0 Å². The van der Waals surface area contributed by atoms with Gasteiger partial charge >= 0.3 is 0 Å². The number of amides is 1. The topological polar surface area (TPSA) is 67.8 Å². The Balaban J connectivity index is 1.93. The highest BCUT2D eigenvalue weighted by atomic mass is 19.1. The molecule has 0 unspecified atom stereocenters. The summed E-state index contributed by atoms with van der Waals surface area (Å²) < 4.78 is 23.7. The summed E-state index contributed by atoms with van der Waals surface area (Å²) in [6, 6.07) is 4.10. The summed E-state index contributed by atoms with van der Waals surface area (Å²) >= 11 is 0. The van der Waals surface area contributed by atoms with Crippen LogP contribution in [0.4, 0.5) is 4.39 Å². The molecule has 3 atom stereocenters. The molecule has 1 aliphatic carbocycles. The maximum Gasteiger partial charge on any atom is 0.224 e. The van der Waals surface area contributed by atoms with Gasteiger partial charge in [0.15, 0.2) is 11.6 Å². The molecular formula is C16H22FNO4. The van der Waals surface area contributed by atoms with Crippen molar-refractivity contribution in [1.82, 2.24) is 5.32 Å². The van der Waals surface area contributed by atoms with Gasteiger partial charge in [-0.05, 0) is 37.0 Å². The van der Waals surface area contributed by atoms with Crippen LogP contribution in [0.15, 0.2) is 18.2 Å². The molecule has 1 saturated carbocycles. The van der Waals surface area contributed by atoms with Crippen LogP contribution in [0.25, 0.3) is 0 Å². The van der Waals surface area contributed by atoms with Crippen LogP contribution in [0.3, 0.4) is 0 Å². The number of rotatable bonds is 5. The molecule has 2 N–H and O–H groups in total. The van der Waals surface area contributed by atoms with Crippen molar-refractivity contribution in [2.75, 3.05) is 14.2 Å². The number of nitrogens with one attached hydrogen (secondary N) is 1. The van der Waals surface area contributed by atoms with Gasteiger partial charge in [0.25, 0.3) is 0 Å². The zero-order valence-corrected chi connectivity index (χ0v) is 12.8. The number of aliphatic hydroxyl groups excluding tert-OH is 1. The van der Waals surface area contributed by atoms with E-state index in [-0.39, 0.29) is 30.2 Å². The summed E-state index contributed by atoms with van der Waals surface area (Å²) in [5.74, 6) is -0.592. The Bertz CT molecular complexity index is 523. The van der Waals surface area contributed by atoms with Crippen LogP contribution < -0.4 is 10.1 Å². The first-order valence-corrected chi connectivity index (χ1v) is 7.37. The first-order valence-electron chi connectivity index (χ1n) is 7.37. The zero-order chi connectivity index (χ0) is 16.1. The lowest BCUT2D eigenvalue weighted by atomic mass is 9.89. The van der Waals surface area contributed by atoms with E-state index < -0.39 is 11.9 Å². The third kappa shape index (κ3) is 3.96. The van der Waals surface area contributed by atoms with E-state index in [2.05, 4.69) is 5.32 Å². The molecule has 0 bridgehead atoms. The minimum absolute atomic E-state index is 0.0573. The van der Waals surface area contributed by atoms with Gasteiger partial charge < -0.3 is 19.9 Å². The van der Waals surface area contributed by atoms with Crippen LogP contribution in [-0.4, -0.2) is 43.5 Å². The fraction of sp³-hybridized carbons (Fsp3) is 0.562. The summed E-state index contributed by atoms with van der Waals surface area (Å²) in [7, 11) is 2.94. The van der Waals surface area contributed by atoms with E-state index in [0.717, 1.165) is 12.8 Å². The molecule has 122 valence electrons. The van der Waals surface area contributed by atoms with Crippen LogP contribution in [-0.2, 0) is 16.0 Å². The second-order valence-corrected chi connectivity index (χ2v) is 5.52. The first-order chi connectivity index (χ1) is 10.5. The maximum atomic E-state index is 13.6. The summed E-state index contributed by atoms with van der Waals surface area (Å²) in [5.41, 5.74) is 0.560. The number of benzene rings is 1. The Morgan fingerprint density at radius 3 is 2.82 bits per heavy atom. The molecule has 1 aromatic rings. The van der Waals surface area contributed by atoms with Gasteiger partial charge in [-0.3, -0.25) is 4.79 Å². The zero-order valence-electron chi connectivity index (χ0n) is 12.8. The fourth-order valence-corrected chi connectivity index (χ4v) is 2.82. The van der Waals surface area contributed by atoms with E-state index in [1.54, 1.807) is 13.2 Å². The molecule has 1 aromatic carbocycles. The number of aliphatic hydroxyl groups is 1. The minimum atomic E-state index is -0.713. The summed E-state index contributed by atoms with van der Waals surface area (Å²) in [4.78, 5) is 12.1. The number of hydrogen-bond donors (Lipinski definition) is 2. The Kier molecular flexibility index (Phi) is 5.74. The number of carbonyl (C=O) groups is 1. The molecule has 0 spiro atoms. The van der Waals surface area contributed by atoms with Gasteiger partial charge in [0.1, 0.15) is 6.10 Å². The summed E-state index contributed by atoms with van der Waals surface area (Å²) in [6.45, 7) is 0. The average molecular weight is 311 g/mol. The molecule has 5 nitrogen and oxygen atoms in total. The molecule has 1 aliphatic rings. The third-order valence-electron chi connectivity index (χ3n) is 4.03. The molecule has 1 fully saturated rings. The van der Waals surface area contributed by atoms with Crippen molar-refractivity contribution < 1.29 is 23.8 Å². The predicted molar refractivity (Wildman–Crippen MR) is 79.2 cm³/mol. The smallest absolute Gasteiger partial charge is 0.224 e. The Labute approximate surface area is 129 Å². The van der Waals surface area contributed by atoms with Crippen LogP contribution in [0.5, 0.6) is 5.75 Å². The quantitative estimate of drug-likeness (QED) is 0.863. The van der Waals surface area contributed by atoms with E-state index in [9.17, 15) is 14.3 Å². The molecule has 0 radical (unpaired) electrons. The lowest BCUT2D eigenvalue weighted by molar-refractivity contribution is -0.124. The minimum Gasteiger partial charge on any atom is -0.494 e. The fourth-order valence-electron chi connectivity index (χ4n) is 2.82. The lowest BCUT2D eigenvalue weighted by Gasteiger charge is -2.34. The highest BCUT2D eigenvalue weighted by Gasteiger charge is 2.32. The monoisotopic (exact) mass is 311 g/mol. The number of halogens is 1. The van der Waals surface area contributed by atoms with Crippen molar-refractivity contribution in [3.8, 4) is 5.75 Å². The van der Waals surface area contributed by atoms with E-state index in [0.29, 0.717) is 12.0 Å². The lowest BCUT2D eigenvalue weighted by Crippen LogP contribution is -2.51. The van der Waals surface area contributed by atoms with E-state index in [1.165, 1.54) is 19.2 Å². The highest BCUT2D eigenvalue weighted by molar-refractivity contribution is 5.79. The molecule has 0 saturated heterocycles. The Morgan fingerprint density at radius 2 is 2.18 bits per heavy atom. The van der Waals surface area contributed by atoms with Crippen LogP contribution in [0, 0.1) is 5.82 Å². The van der Waals surface area contributed by atoms with Gasteiger partial charge in [0.05, 0.1) is 25.7 Å². The largest absolute Gasteiger partial charge is 0.494 e. The standard InChI is InChI=1S/C16H22FNO4/c1-21-13-7-6-10(8-11(13)17)9-15(19)18-12-4-3-5-14(22-2)16(12)20/h6-8,12,14,16,20H,3-5,9H2,1-2H3,(H,18,19)/t12-,14-,16-/m1/s1. The van der Waals surface area contributed by atoms with Crippen molar-refractivity contribution >= 4 is 5.91 Å². The van der Waals surface area contributed by atoms with Gasteiger partial charge in [-0.2, -0.15) is 0 Å². The molecular weight excluding hydrogens is 289 g/mol. The normalized spacial score (nSPS) is 24.8. The van der Waals surface area contributed by atoms with Gasteiger partial charge in [-0.1, -0.05) is 6.07 Å². The van der Waals surface area contributed by atoms with Gasteiger partial charge in [0, 0.05) is 7.11 Å². The highest BCUT2D eigenvalue weighted by Crippen LogP contribution is 2.22. The van der Waals surface area contributed by atoms with Crippen molar-refractivity contribution in [3.63, 3.8) is 0 Å². The van der Waals surface area contributed by atoms with Crippen molar-refractivity contribution in [2.24, 2.45) is 0 Å². The Hall–Kier alpha value is -1.66. The molecule has 0 aromatic heterocycles. The SMILES string of the molecule is COc1ccc(CC(=O)N[C@@H]2CCC[C@@H](OC)[C@@H]2O)cc1F. The van der Waals surface area contributed by atoms with Gasteiger partial charge in [0.2, 0.25) is 5.91 Å². The van der Waals surface area contributed by atoms with Crippen molar-refractivity contribution in [2.45, 2.75) is 43.9 Å². The predicted octanol–water partition coefficient (Wildman–Crippen LogP) is 1.42. The molecule has 0 aliphatic heterocycles. The van der Waals surface area contributed by atoms with E-state index in [4.69, 9.17) is 9.47 Å². The third-order valence-corrected chi connectivity index (χ3v) is 4.03. The first kappa shape index (κ1) is 16.7. The summed E-state index contributed by atoms with van der Waals surface area (Å²) in [6.07, 6.45) is 1.48. The number of methoxy groups -OCH3 is 2. The molecule has 22 heavy (non-hydrogen) atoms. The van der Waals surface area contributed by atoms with Crippen molar-refractivity contribution in [3.05, 3.63) is 29.6 Å². The van der Waals surface area contributed by atoms with Crippen LogP contribution in [0.1, 0.15) is 24.8 Å². The molecule has 1 amide bonds. The van der Waals surface area contributed by atoms with Crippen LogP contribution in [0.2, 0.25) is 0 Å². The molecule has 6 heteroatoms. The second-order valence-electron chi connectivity index (χ2n) is 5.52. The number of hydrogen-bond acceptors (Lipinski definition) is 4. The molecule has 0 heterocycles. The van der Waals surface area contributed by atoms with Crippen molar-refractivity contribution in [1.29, 1.82) is 0 Å². The van der Waals surface area contributed by atoms with Gasteiger partial charge in [-0.25, -0.2) is 4.39 Å². The van der Waals surface area contributed by atoms with Gasteiger partial charge in [-0.15, -0.1) is 0 Å².